The highest BCUT2D eigenvalue weighted by Gasteiger charge is 2.39. The molecule has 40 heavy (non-hydrogen) atoms. The van der Waals surface area contributed by atoms with Gasteiger partial charge in [0.15, 0.2) is 5.78 Å². The van der Waals surface area contributed by atoms with E-state index >= 15 is 0 Å². The summed E-state index contributed by atoms with van der Waals surface area (Å²) < 4.78 is 36.0. The van der Waals surface area contributed by atoms with Crippen molar-refractivity contribution < 1.29 is 32.3 Å². The van der Waals surface area contributed by atoms with Crippen LogP contribution in [0.3, 0.4) is 0 Å². The summed E-state index contributed by atoms with van der Waals surface area (Å²) in [6.45, 7) is 8.46. The molecule has 0 bridgehead atoms. The van der Waals surface area contributed by atoms with Gasteiger partial charge < -0.3 is 27.5 Å². The first-order valence-corrected chi connectivity index (χ1v) is 15.4. The van der Waals surface area contributed by atoms with Crippen LogP contribution in [0.25, 0.3) is 6.08 Å². The minimum Gasteiger partial charge on any atom is -0.497 e. The highest BCUT2D eigenvalue weighted by Crippen LogP contribution is 2.26. The van der Waals surface area contributed by atoms with Crippen molar-refractivity contribution in [3.63, 3.8) is 0 Å². The standard InChI is InChI=1S/C29H39N3O7Si/c1-6-37-40(38-7-2,39-8-3)19-9-18-32-21-25(30-31-32)22-36-26-14-10-23(11-15-26)28(33)17-13-24-12-16-27(34-4)20-29(24)35-5/h10-17,20-21H,6-9,18-19,22H2,1-5H3/b17-13+. The Morgan fingerprint density at radius 2 is 1.60 bits per heavy atom. The number of hydrogen-bond acceptors (Lipinski definition) is 9. The third-order valence-electron chi connectivity index (χ3n) is 5.93. The molecule has 1 aromatic heterocycles. The zero-order chi connectivity index (χ0) is 28.8. The van der Waals surface area contributed by atoms with Gasteiger partial charge in [-0.1, -0.05) is 5.21 Å². The van der Waals surface area contributed by atoms with Crippen LogP contribution in [0.2, 0.25) is 6.04 Å². The van der Waals surface area contributed by atoms with Crippen LogP contribution in [0, 0.1) is 0 Å². The Kier molecular flexibility index (Phi) is 12.3. The molecule has 2 aromatic carbocycles. The Hall–Kier alpha value is -3.51. The first kappa shape index (κ1) is 31.0. The van der Waals surface area contributed by atoms with Gasteiger partial charge in [-0.2, -0.15) is 0 Å². The van der Waals surface area contributed by atoms with Crippen molar-refractivity contribution in [3.8, 4) is 17.2 Å². The van der Waals surface area contributed by atoms with Gasteiger partial charge in [0.1, 0.15) is 29.5 Å². The molecule has 0 unspecified atom stereocenters. The summed E-state index contributed by atoms with van der Waals surface area (Å²) in [4.78, 5) is 12.7. The molecule has 0 radical (unpaired) electrons. The molecule has 0 aliphatic rings. The maximum absolute atomic E-state index is 12.7. The normalized spacial score (nSPS) is 11.6. The van der Waals surface area contributed by atoms with Crippen molar-refractivity contribution in [2.24, 2.45) is 0 Å². The minimum atomic E-state index is -2.67. The number of allylic oxidation sites excluding steroid dienone is 1. The van der Waals surface area contributed by atoms with Crippen molar-refractivity contribution in [1.29, 1.82) is 0 Å². The fraction of sp³-hybridized carbons (Fsp3) is 0.414. The van der Waals surface area contributed by atoms with Crippen molar-refractivity contribution in [2.45, 2.75) is 46.4 Å². The average molecular weight is 570 g/mol. The lowest BCUT2D eigenvalue weighted by molar-refractivity contribution is 0.0704. The van der Waals surface area contributed by atoms with Crippen molar-refractivity contribution in [1.82, 2.24) is 15.0 Å². The summed E-state index contributed by atoms with van der Waals surface area (Å²) in [5.74, 6) is 1.81. The molecule has 1 heterocycles. The molecule has 0 aliphatic carbocycles. The van der Waals surface area contributed by atoms with Gasteiger partial charge in [-0.05, 0) is 75.7 Å². The molecule has 0 saturated carbocycles. The van der Waals surface area contributed by atoms with Crippen LogP contribution < -0.4 is 14.2 Å². The van der Waals surface area contributed by atoms with Crippen molar-refractivity contribution in [2.75, 3.05) is 34.0 Å². The number of ether oxygens (including phenoxy) is 3. The third-order valence-corrected chi connectivity index (χ3v) is 9.08. The Balaban J connectivity index is 1.50. The second kappa shape index (κ2) is 15.9. The number of carbonyl (C=O) groups is 1. The molecule has 3 aromatic rings. The van der Waals surface area contributed by atoms with E-state index in [-0.39, 0.29) is 12.4 Å². The fourth-order valence-corrected chi connectivity index (χ4v) is 6.66. The van der Waals surface area contributed by atoms with Gasteiger partial charge >= 0.3 is 8.80 Å². The number of carbonyl (C=O) groups excluding carboxylic acids is 1. The topological polar surface area (TPSA) is 103 Å². The number of benzene rings is 2. The molecule has 3 rings (SSSR count). The molecule has 216 valence electrons. The lowest BCUT2D eigenvalue weighted by Crippen LogP contribution is -2.46. The van der Waals surface area contributed by atoms with Gasteiger partial charge in [-0.3, -0.25) is 9.48 Å². The SMILES string of the molecule is CCO[Si](CCCn1cc(COc2ccc(C(=O)/C=C/c3ccc(OC)cc3OC)cc2)nn1)(OCC)OCC. The zero-order valence-electron chi connectivity index (χ0n) is 23.9. The molecule has 10 nitrogen and oxygen atoms in total. The van der Waals surface area contributed by atoms with E-state index < -0.39 is 8.80 Å². The monoisotopic (exact) mass is 569 g/mol. The number of aromatic nitrogens is 3. The van der Waals surface area contributed by atoms with Crippen LogP contribution >= 0.6 is 0 Å². The van der Waals surface area contributed by atoms with Gasteiger partial charge in [0.25, 0.3) is 0 Å². The fourth-order valence-electron chi connectivity index (χ4n) is 4.06. The number of methoxy groups -OCH3 is 2. The number of aryl methyl sites for hydroxylation is 1. The summed E-state index contributed by atoms with van der Waals surface area (Å²) in [5.41, 5.74) is 2.04. The number of ketones is 1. The predicted molar refractivity (Wildman–Crippen MR) is 154 cm³/mol. The summed E-state index contributed by atoms with van der Waals surface area (Å²) in [5, 5.41) is 8.41. The molecule has 0 aliphatic heterocycles. The third kappa shape index (κ3) is 9.02. The van der Waals surface area contributed by atoms with Crippen LogP contribution in [-0.2, 0) is 26.4 Å². The Morgan fingerprint density at radius 1 is 0.925 bits per heavy atom. The Morgan fingerprint density at radius 3 is 2.23 bits per heavy atom. The van der Waals surface area contributed by atoms with Crippen LogP contribution in [0.4, 0.5) is 0 Å². The van der Waals surface area contributed by atoms with Crippen LogP contribution in [-0.4, -0.2) is 63.6 Å². The van der Waals surface area contributed by atoms with Crippen LogP contribution in [0.5, 0.6) is 17.2 Å². The second-order valence-corrected chi connectivity index (χ2v) is 11.4. The number of rotatable bonds is 18. The lowest BCUT2D eigenvalue weighted by Gasteiger charge is -2.28. The largest absolute Gasteiger partial charge is 0.500 e. The molecule has 0 spiro atoms. The first-order valence-electron chi connectivity index (χ1n) is 13.4. The zero-order valence-corrected chi connectivity index (χ0v) is 24.9. The average Bonchev–Trinajstić information content (AvgIpc) is 3.43. The summed E-state index contributed by atoms with van der Waals surface area (Å²) in [6.07, 6.45) is 5.90. The predicted octanol–water partition coefficient (Wildman–Crippen LogP) is 5.21. The molecule has 0 fully saturated rings. The van der Waals surface area contributed by atoms with E-state index in [1.807, 2.05) is 39.1 Å². The van der Waals surface area contributed by atoms with Crippen molar-refractivity contribution >= 4 is 20.7 Å². The summed E-state index contributed by atoms with van der Waals surface area (Å²) >= 11 is 0. The molecule has 0 atom stereocenters. The van der Waals surface area contributed by atoms with E-state index in [9.17, 15) is 4.79 Å². The van der Waals surface area contributed by atoms with Gasteiger partial charge in [0.05, 0.1) is 20.4 Å². The van der Waals surface area contributed by atoms with E-state index in [1.54, 1.807) is 55.3 Å². The van der Waals surface area contributed by atoms with Crippen LogP contribution in [0.15, 0.2) is 54.7 Å². The molecular weight excluding hydrogens is 530 g/mol. The van der Waals surface area contributed by atoms with Gasteiger partial charge in [-0.25, -0.2) is 0 Å². The smallest absolute Gasteiger partial charge is 0.497 e. The minimum absolute atomic E-state index is 0.127. The second-order valence-electron chi connectivity index (χ2n) is 8.68. The lowest BCUT2D eigenvalue weighted by atomic mass is 10.1. The van der Waals surface area contributed by atoms with Gasteiger partial charge in [-0.15, -0.1) is 5.10 Å². The maximum Gasteiger partial charge on any atom is 0.500 e. The molecular formula is C29H39N3O7Si. The van der Waals surface area contributed by atoms with Gasteiger partial charge in [0, 0.05) is 49.6 Å². The molecule has 0 saturated heterocycles. The van der Waals surface area contributed by atoms with Crippen molar-refractivity contribution in [3.05, 3.63) is 71.6 Å². The van der Waals surface area contributed by atoms with E-state index in [4.69, 9.17) is 27.5 Å². The van der Waals surface area contributed by atoms with Crippen LogP contribution in [0.1, 0.15) is 48.8 Å². The Bertz CT molecular complexity index is 1210. The molecule has 0 amide bonds. The number of nitrogens with zero attached hydrogens (tertiary/aromatic N) is 3. The quantitative estimate of drug-likeness (QED) is 0.116. The first-order chi connectivity index (χ1) is 19.5. The summed E-state index contributed by atoms with van der Waals surface area (Å²) in [7, 11) is 0.500. The highest BCUT2D eigenvalue weighted by atomic mass is 28.4. The van der Waals surface area contributed by atoms with E-state index in [0.29, 0.717) is 60.9 Å². The van der Waals surface area contributed by atoms with E-state index in [1.165, 1.54) is 6.08 Å². The molecule has 11 heteroatoms. The van der Waals surface area contributed by atoms with E-state index in [2.05, 4.69) is 10.3 Å². The number of hydrogen-bond donors (Lipinski definition) is 0. The summed E-state index contributed by atoms with van der Waals surface area (Å²) in [6, 6.07) is 13.1. The van der Waals surface area contributed by atoms with E-state index in [0.717, 1.165) is 12.0 Å². The highest BCUT2D eigenvalue weighted by molar-refractivity contribution is 6.60. The Labute approximate surface area is 237 Å². The van der Waals surface area contributed by atoms with Gasteiger partial charge in [0.2, 0.25) is 0 Å². The molecule has 0 N–H and O–H groups in total. The maximum atomic E-state index is 12.7.